The molecule has 0 aliphatic heterocycles. The van der Waals surface area contributed by atoms with Gasteiger partial charge in [-0.15, -0.1) is 0 Å². The number of hydrogen-bond donors (Lipinski definition) is 2. The van der Waals surface area contributed by atoms with Gasteiger partial charge in [0.1, 0.15) is 5.75 Å². The molecule has 1 aromatic carbocycles. The molecule has 1 aromatic rings. The van der Waals surface area contributed by atoms with Crippen molar-refractivity contribution in [2.24, 2.45) is 5.84 Å². The van der Waals surface area contributed by atoms with Gasteiger partial charge in [-0.05, 0) is 43.9 Å². The van der Waals surface area contributed by atoms with Gasteiger partial charge in [0.15, 0.2) is 0 Å². The van der Waals surface area contributed by atoms with E-state index in [-0.39, 0.29) is 5.91 Å². The second kappa shape index (κ2) is 4.04. The zero-order valence-electron chi connectivity index (χ0n) is 10.5. The zero-order chi connectivity index (χ0) is 12.6. The van der Waals surface area contributed by atoms with Crippen LogP contribution in [0.4, 0.5) is 0 Å². The maximum Gasteiger partial charge on any atom is 0.244 e. The molecule has 2 rings (SSSR count). The van der Waals surface area contributed by atoms with E-state index in [1.165, 1.54) is 0 Å². The topological polar surface area (TPSA) is 64.3 Å². The van der Waals surface area contributed by atoms with Crippen molar-refractivity contribution < 1.29 is 9.53 Å². The monoisotopic (exact) mass is 234 g/mol. The van der Waals surface area contributed by atoms with E-state index in [0.717, 1.165) is 35.3 Å². The molecule has 0 unspecified atom stereocenters. The second-order valence-corrected chi connectivity index (χ2v) is 4.69. The first-order chi connectivity index (χ1) is 8.05. The van der Waals surface area contributed by atoms with E-state index >= 15 is 0 Å². The van der Waals surface area contributed by atoms with Gasteiger partial charge >= 0.3 is 0 Å². The van der Waals surface area contributed by atoms with Crippen molar-refractivity contribution in [1.29, 1.82) is 0 Å². The Balaban J connectivity index is 2.52. The number of ether oxygens (including phenoxy) is 1. The fourth-order valence-corrected chi connectivity index (χ4v) is 2.21. The number of amides is 1. The predicted molar refractivity (Wildman–Crippen MR) is 65.7 cm³/mol. The minimum absolute atomic E-state index is 0.126. The molecule has 0 atom stereocenters. The quantitative estimate of drug-likeness (QED) is 0.471. The molecule has 0 saturated heterocycles. The number of aryl methyl sites for hydroxylation is 2. The molecule has 92 valence electrons. The van der Waals surface area contributed by atoms with Crippen LogP contribution in [-0.2, 0) is 10.2 Å². The van der Waals surface area contributed by atoms with E-state index < -0.39 is 5.41 Å². The lowest BCUT2D eigenvalue weighted by atomic mass is 9.91. The van der Waals surface area contributed by atoms with Crippen LogP contribution in [0.3, 0.4) is 0 Å². The van der Waals surface area contributed by atoms with E-state index in [0.29, 0.717) is 0 Å². The van der Waals surface area contributed by atoms with Crippen molar-refractivity contribution in [3.05, 3.63) is 28.8 Å². The lowest BCUT2D eigenvalue weighted by Crippen LogP contribution is -2.39. The van der Waals surface area contributed by atoms with Crippen molar-refractivity contribution in [3.8, 4) is 5.75 Å². The number of hydrazine groups is 1. The summed E-state index contributed by atoms with van der Waals surface area (Å²) in [5, 5.41) is 0. The molecular weight excluding hydrogens is 216 g/mol. The zero-order valence-corrected chi connectivity index (χ0v) is 10.5. The Kier molecular flexibility index (Phi) is 2.83. The summed E-state index contributed by atoms with van der Waals surface area (Å²) in [5.41, 5.74) is 5.06. The molecule has 1 fully saturated rings. The minimum Gasteiger partial charge on any atom is -0.496 e. The number of benzene rings is 1. The lowest BCUT2D eigenvalue weighted by Gasteiger charge is -2.19. The third-order valence-electron chi connectivity index (χ3n) is 3.65. The molecule has 0 aromatic heterocycles. The number of methoxy groups -OCH3 is 1. The van der Waals surface area contributed by atoms with Crippen LogP contribution in [0.1, 0.15) is 29.5 Å². The summed E-state index contributed by atoms with van der Waals surface area (Å²) in [4.78, 5) is 11.9. The first-order valence-corrected chi connectivity index (χ1v) is 5.72. The normalized spacial score (nSPS) is 16.5. The highest BCUT2D eigenvalue weighted by atomic mass is 16.5. The summed E-state index contributed by atoms with van der Waals surface area (Å²) in [7, 11) is 1.63. The minimum atomic E-state index is -0.474. The summed E-state index contributed by atoms with van der Waals surface area (Å²) >= 11 is 0. The van der Waals surface area contributed by atoms with Gasteiger partial charge in [-0.25, -0.2) is 5.84 Å². The molecule has 17 heavy (non-hydrogen) atoms. The van der Waals surface area contributed by atoms with E-state index in [1.807, 2.05) is 26.0 Å². The van der Waals surface area contributed by atoms with Crippen molar-refractivity contribution in [3.63, 3.8) is 0 Å². The first kappa shape index (κ1) is 11.9. The molecule has 3 N–H and O–H groups in total. The number of hydrogen-bond acceptors (Lipinski definition) is 3. The van der Waals surface area contributed by atoms with E-state index in [1.54, 1.807) is 7.11 Å². The molecule has 4 heteroatoms. The number of carbonyl (C=O) groups is 1. The summed E-state index contributed by atoms with van der Waals surface area (Å²) in [6.45, 7) is 4.07. The Hall–Kier alpha value is -1.55. The highest BCUT2D eigenvalue weighted by Crippen LogP contribution is 2.51. The smallest absolute Gasteiger partial charge is 0.244 e. The van der Waals surface area contributed by atoms with E-state index in [2.05, 4.69) is 5.43 Å². The fraction of sp³-hybridized carbons (Fsp3) is 0.462. The number of nitrogens with one attached hydrogen (secondary N) is 1. The van der Waals surface area contributed by atoms with Crippen LogP contribution in [0.15, 0.2) is 12.1 Å². The SMILES string of the molecule is COc1cc(C)c(C)cc1C1(C(=O)NN)CC1. The maximum absolute atomic E-state index is 11.9. The average molecular weight is 234 g/mol. The molecule has 1 aliphatic carbocycles. The van der Waals surface area contributed by atoms with Gasteiger partial charge in [-0.1, -0.05) is 6.07 Å². The molecule has 4 nitrogen and oxygen atoms in total. The van der Waals surface area contributed by atoms with Crippen LogP contribution in [0.2, 0.25) is 0 Å². The van der Waals surface area contributed by atoms with Crippen molar-refractivity contribution in [1.82, 2.24) is 5.43 Å². The van der Waals surface area contributed by atoms with Crippen molar-refractivity contribution in [2.75, 3.05) is 7.11 Å². The molecule has 0 bridgehead atoms. The Labute approximate surface area is 101 Å². The molecule has 0 radical (unpaired) electrons. The third kappa shape index (κ3) is 1.78. The van der Waals surface area contributed by atoms with E-state index in [9.17, 15) is 4.79 Å². The summed E-state index contributed by atoms with van der Waals surface area (Å²) in [6, 6.07) is 4.02. The van der Waals surface area contributed by atoms with Crippen LogP contribution in [-0.4, -0.2) is 13.0 Å². The molecule has 1 saturated carbocycles. The second-order valence-electron chi connectivity index (χ2n) is 4.69. The average Bonchev–Trinajstić information content (AvgIpc) is 3.12. The maximum atomic E-state index is 11.9. The largest absolute Gasteiger partial charge is 0.496 e. The van der Waals surface area contributed by atoms with Gasteiger partial charge in [0, 0.05) is 5.56 Å². The van der Waals surface area contributed by atoms with Crippen LogP contribution in [0, 0.1) is 13.8 Å². The highest BCUT2D eigenvalue weighted by Gasteiger charge is 2.52. The van der Waals surface area contributed by atoms with Gasteiger partial charge in [0.25, 0.3) is 0 Å². The first-order valence-electron chi connectivity index (χ1n) is 5.72. The molecule has 0 spiro atoms. The number of nitrogens with two attached hydrogens (primary N) is 1. The summed E-state index contributed by atoms with van der Waals surface area (Å²) in [6.07, 6.45) is 1.66. The van der Waals surface area contributed by atoms with Gasteiger partial charge in [0.2, 0.25) is 5.91 Å². The van der Waals surface area contributed by atoms with Gasteiger partial charge in [-0.2, -0.15) is 0 Å². The summed E-state index contributed by atoms with van der Waals surface area (Å²) in [5.74, 6) is 5.90. The molecule has 0 heterocycles. The van der Waals surface area contributed by atoms with E-state index in [4.69, 9.17) is 10.6 Å². The fourth-order valence-electron chi connectivity index (χ4n) is 2.21. The Morgan fingerprint density at radius 3 is 2.41 bits per heavy atom. The van der Waals surface area contributed by atoms with Crippen LogP contribution in [0.5, 0.6) is 5.75 Å². The standard InChI is InChI=1S/C13H18N2O2/c1-8-6-10(11(17-3)7-9(8)2)13(4-5-13)12(16)15-14/h6-7H,4-5,14H2,1-3H3,(H,15,16). The summed E-state index contributed by atoms with van der Waals surface area (Å²) < 4.78 is 5.38. The molecule has 1 amide bonds. The Morgan fingerprint density at radius 2 is 1.94 bits per heavy atom. The predicted octanol–water partition coefficient (Wildman–Crippen LogP) is 1.33. The Bertz CT molecular complexity index is 465. The molecular formula is C13H18N2O2. The van der Waals surface area contributed by atoms with Crippen molar-refractivity contribution in [2.45, 2.75) is 32.1 Å². The third-order valence-corrected chi connectivity index (χ3v) is 3.65. The van der Waals surface area contributed by atoms with Crippen molar-refractivity contribution >= 4 is 5.91 Å². The van der Waals surface area contributed by atoms with Crippen LogP contribution in [0.25, 0.3) is 0 Å². The van der Waals surface area contributed by atoms with Gasteiger partial charge in [-0.3, -0.25) is 10.2 Å². The Morgan fingerprint density at radius 1 is 1.35 bits per heavy atom. The number of carbonyl (C=O) groups excluding carboxylic acids is 1. The lowest BCUT2D eigenvalue weighted by molar-refractivity contribution is -0.123. The van der Waals surface area contributed by atoms with Gasteiger partial charge < -0.3 is 4.74 Å². The number of rotatable bonds is 3. The highest BCUT2D eigenvalue weighted by molar-refractivity contribution is 5.91. The van der Waals surface area contributed by atoms with Crippen LogP contribution < -0.4 is 16.0 Å². The van der Waals surface area contributed by atoms with Crippen LogP contribution >= 0.6 is 0 Å². The van der Waals surface area contributed by atoms with Gasteiger partial charge in [0.05, 0.1) is 12.5 Å². The molecule has 1 aliphatic rings.